The van der Waals surface area contributed by atoms with Crippen LogP contribution in [0.25, 0.3) is 0 Å². The lowest BCUT2D eigenvalue weighted by atomic mass is 9.77. The summed E-state index contributed by atoms with van der Waals surface area (Å²) < 4.78 is 5.44. The highest BCUT2D eigenvalue weighted by Gasteiger charge is 2.49. The number of rotatable bonds is 2. The van der Waals surface area contributed by atoms with E-state index in [1.54, 1.807) is 29.4 Å². The quantitative estimate of drug-likeness (QED) is 0.844. The Hall–Kier alpha value is -2.63. The van der Waals surface area contributed by atoms with E-state index in [4.69, 9.17) is 4.42 Å². The number of anilines is 1. The number of hydrogen-bond donors (Lipinski definition) is 0. The molecular weight excluding hydrogens is 318 g/mol. The molecule has 0 aromatic carbocycles. The van der Waals surface area contributed by atoms with Crippen LogP contribution in [0.2, 0.25) is 0 Å². The number of piperidine rings is 1. The summed E-state index contributed by atoms with van der Waals surface area (Å²) in [6.45, 7) is 3.72. The minimum Gasteiger partial charge on any atom is -0.456 e. The van der Waals surface area contributed by atoms with E-state index in [9.17, 15) is 9.59 Å². The fourth-order valence-corrected chi connectivity index (χ4v) is 3.89. The number of nitrogens with zero attached hydrogens (tertiary/aromatic N) is 3. The third kappa shape index (κ3) is 2.71. The summed E-state index contributed by atoms with van der Waals surface area (Å²) in [5.41, 5.74) is 0.514. The zero-order chi connectivity index (χ0) is 17.4. The number of hydrogen-bond acceptors (Lipinski definition) is 4. The van der Waals surface area contributed by atoms with Crippen LogP contribution >= 0.6 is 0 Å². The molecule has 130 valence electrons. The molecule has 6 nitrogen and oxygen atoms in total. The van der Waals surface area contributed by atoms with Crippen LogP contribution in [-0.4, -0.2) is 41.3 Å². The van der Waals surface area contributed by atoms with Gasteiger partial charge in [0.1, 0.15) is 5.76 Å². The maximum Gasteiger partial charge on any atom is 0.289 e. The second-order valence-electron chi connectivity index (χ2n) is 6.90. The molecule has 25 heavy (non-hydrogen) atoms. The molecule has 2 aliphatic rings. The maximum atomic E-state index is 13.0. The molecule has 0 atom stereocenters. The molecule has 0 N–H and O–H groups in total. The van der Waals surface area contributed by atoms with Crippen molar-refractivity contribution in [3.05, 3.63) is 48.2 Å². The second kappa shape index (κ2) is 6.02. The van der Waals surface area contributed by atoms with Crippen LogP contribution in [0.1, 0.15) is 35.6 Å². The first-order valence-electron chi connectivity index (χ1n) is 8.67. The number of carbonyl (C=O) groups excluding carboxylic acids is 2. The molecule has 0 bridgehead atoms. The number of pyridine rings is 1. The molecule has 0 unspecified atom stereocenters. The summed E-state index contributed by atoms with van der Waals surface area (Å²) in [5, 5.41) is 0. The van der Waals surface area contributed by atoms with Crippen LogP contribution < -0.4 is 4.90 Å². The monoisotopic (exact) mass is 339 g/mol. The van der Waals surface area contributed by atoms with Crippen molar-refractivity contribution in [3.63, 3.8) is 0 Å². The van der Waals surface area contributed by atoms with E-state index in [2.05, 4.69) is 4.98 Å². The van der Waals surface area contributed by atoms with Crippen molar-refractivity contribution in [1.82, 2.24) is 9.88 Å². The summed E-state index contributed by atoms with van der Waals surface area (Å²) in [7, 11) is 0. The highest BCUT2D eigenvalue weighted by Crippen LogP contribution is 2.43. The van der Waals surface area contributed by atoms with E-state index < -0.39 is 0 Å². The fourth-order valence-electron chi connectivity index (χ4n) is 3.89. The van der Waals surface area contributed by atoms with Crippen LogP contribution in [0, 0.1) is 12.3 Å². The zero-order valence-electron chi connectivity index (χ0n) is 14.3. The van der Waals surface area contributed by atoms with E-state index >= 15 is 0 Å². The summed E-state index contributed by atoms with van der Waals surface area (Å²) in [4.78, 5) is 33.3. The van der Waals surface area contributed by atoms with Crippen molar-refractivity contribution in [2.45, 2.75) is 26.2 Å². The SMILES string of the molecule is Cc1ccc(C(=O)N2CCC3(CC2)CCN(c2cccnc2)C3=O)o1. The molecule has 2 amide bonds. The Kier molecular flexibility index (Phi) is 3.82. The van der Waals surface area contributed by atoms with Gasteiger partial charge in [-0.2, -0.15) is 0 Å². The summed E-state index contributed by atoms with van der Waals surface area (Å²) in [6.07, 6.45) is 5.68. The van der Waals surface area contributed by atoms with Crippen molar-refractivity contribution >= 4 is 17.5 Å². The molecule has 0 saturated carbocycles. The molecular formula is C19H21N3O3. The standard InChI is InChI=1S/C19H21N3O3/c1-14-4-5-16(25-14)17(23)21-10-6-19(7-11-21)8-12-22(18(19)24)15-3-2-9-20-13-15/h2-5,9,13H,6-8,10-12H2,1H3. The first-order valence-corrected chi connectivity index (χ1v) is 8.67. The smallest absolute Gasteiger partial charge is 0.289 e. The molecule has 2 saturated heterocycles. The highest BCUT2D eigenvalue weighted by atomic mass is 16.3. The van der Waals surface area contributed by atoms with Gasteiger partial charge in [0.2, 0.25) is 5.91 Å². The van der Waals surface area contributed by atoms with E-state index in [1.807, 2.05) is 24.0 Å². The average molecular weight is 339 g/mol. The van der Waals surface area contributed by atoms with Crippen LogP contribution in [0.5, 0.6) is 0 Å². The van der Waals surface area contributed by atoms with Gasteiger partial charge >= 0.3 is 0 Å². The van der Waals surface area contributed by atoms with E-state index in [0.717, 1.165) is 24.4 Å². The van der Waals surface area contributed by atoms with E-state index in [1.165, 1.54) is 0 Å². The predicted octanol–water partition coefficient (Wildman–Crippen LogP) is 2.64. The molecule has 2 aliphatic heterocycles. The van der Waals surface area contributed by atoms with Crippen molar-refractivity contribution < 1.29 is 14.0 Å². The molecule has 4 heterocycles. The topological polar surface area (TPSA) is 66.7 Å². The lowest BCUT2D eigenvalue weighted by Crippen LogP contribution is -2.46. The number of furan rings is 1. The first-order chi connectivity index (χ1) is 12.1. The Bertz CT molecular complexity index is 791. The first kappa shape index (κ1) is 15.9. The Morgan fingerprint density at radius 3 is 2.56 bits per heavy atom. The van der Waals surface area contributed by atoms with Gasteiger partial charge in [0.15, 0.2) is 5.76 Å². The maximum absolute atomic E-state index is 13.0. The van der Waals surface area contributed by atoms with Gasteiger partial charge in [0, 0.05) is 25.8 Å². The summed E-state index contributed by atoms with van der Waals surface area (Å²) in [5.74, 6) is 1.19. The van der Waals surface area contributed by atoms with Gasteiger partial charge < -0.3 is 14.2 Å². The number of aromatic nitrogens is 1. The lowest BCUT2D eigenvalue weighted by molar-refractivity contribution is -0.127. The van der Waals surface area contributed by atoms with Crippen LogP contribution in [0.3, 0.4) is 0 Å². The molecule has 4 rings (SSSR count). The Morgan fingerprint density at radius 2 is 1.92 bits per heavy atom. The fraction of sp³-hybridized carbons (Fsp3) is 0.421. The molecule has 2 aromatic rings. The largest absolute Gasteiger partial charge is 0.456 e. The Labute approximate surface area is 146 Å². The third-order valence-corrected chi connectivity index (χ3v) is 5.43. The molecule has 2 fully saturated rings. The molecule has 0 aliphatic carbocycles. The van der Waals surface area contributed by atoms with Crippen LogP contribution in [-0.2, 0) is 4.79 Å². The number of likely N-dealkylation sites (tertiary alicyclic amines) is 1. The molecule has 6 heteroatoms. The van der Waals surface area contributed by atoms with Crippen molar-refractivity contribution in [1.29, 1.82) is 0 Å². The van der Waals surface area contributed by atoms with Gasteiger partial charge in [0.05, 0.1) is 17.3 Å². The van der Waals surface area contributed by atoms with Crippen LogP contribution in [0.15, 0.2) is 41.1 Å². The Balaban J connectivity index is 1.45. The van der Waals surface area contributed by atoms with E-state index in [0.29, 0.717) is 31.7 Å². The van der Waals surface area contributed by atoms with Crippen molar-refractivity contribution in [3.8, 4) is 0 Å². The van der Waals surface area contributed by atoms with Gasteiger partial charge in [0.25, 0.3) is 5.91 Å². The summed E-state index contributed by atoms with van der Waals surface area (Å²) in [6, 6.07) is 7.28. The minimum absolute atomic E-state index is 0.0856. The normalized spacial score (nSPS) is 19.6. The number of carbonyl (C=O) groups is 2. The minimum atomic E-state index is -0.342. The van der Waals surface area contributed by atoms with Crippen molar-refractivity contribution in [2.75, 3.05) is 24.5 Å². The zero-order valence-corrected chi connectivity index (χ0v) is 14.3. The highest BCUT2D eigenvalue weighted by molar-refractivity contribution is 6.00. The van der Waals surface area contributed by atoms with Gasteiger partial charge in [-0.1, -0.05) is 0 Å². The molecule has 1 spiro atoms. The van der Waals surface area contributed by atoms with Gasteiger partial charge in [-0.25, -0.2) is 0 Å². The lowest BCUT2D eigenvalue weighted by Gasteiger charge is -2.37. The van der Waals surface area contributed by atoms with Gasteiger partial charge in [-0.3, -0.25) is 14.6 Å². The summed E-state index contributed by atoms with van der Waals surface area (Å²) >= 11 is 0. The third-order valence-electron chi connectivity index (χ3n) is 5.43. The van der Waals surface area contributed by atoms with Crippen molar-refractivity contribution in [2.24, 2.45) is 5.41 Å². The average Bonchev–Trinajstić information content (AvgIpc) is 3.21. The van der Waals surface area contributed by atoms with E-state index in [-0.39, 0.29) is 17.2 Å². The number of aryl methyl sites for hydroxylation is 1. The molecule has 2 aromatic heterocycles. The number of amides is 2. The van der Waals surface area contributed by atoms with Crippen LogP contribution in [0.4, 0.5) is 5.69 Å². The Morgan fingerprint density at radius 1 is 1.16 bits per heavy atom. The van der Waals surface area contributed by atoms with Gasteiger partial charge in [-0.15, -0.1) is 0 Å². The predicted molar refractivity (Wildman–Crippen MR) is 92.2 cm³/mol. The molecule has 0 radical (unpaired) electrons. The second-order valence-corrected chi connectivity index (χ2v) is 6.90. The van der Waals surface area contributed by atoms with Gasteiger partial charge in [-0.05, 0) is 50.5 Å².